The molecule has 1 fully saturated rings. The second kappa shape index (κ2) is 6.65. The van der Waals surface area contributed by atoms with Gasteiger partial charge in [-0.2, -0.15) is 0 Å². The highest BCUT2D eigenvalue weighted by Crippen LogP contribution is 2.12. The lowest BCUT2D eigenvalue weighted by Crippen LogP contribution is -2.29. The van der Waals surface area contributed by atoms with Crippen LogP contribution in [-0.2, 0) is 0 Å². The number of ether oxygens (including phenoxy) is 1. The lowest BCUT2D eigenvalue weighted by Gasteiger charge is -2.19. The molecule has 2 heteroatoms. The van der Waals surface area contributed by atoms with E-state index in [1.807, 2.05) is 24.3 Å². The van der Waals surface area contributed by atoms with E-state index in [4.69, 9.17) is 4.74 Å². The average Bonchev–Trinajstić information content (AvgIpc) is 2.60. The predicted molar refractivity (Wildman–Crippen MR) is 71.3 cm³/mol. The minimum atomic E-state index is 0.788. The molecule has 1 aliphatic rings. The maximum Gasteiger partial charge on any atom is 0.119 e. The molecule has 0 spiro atoms. The maximum absolute atomic E-state index is 5.74. The van der Waals surface area contributed by atoms with Crippen LogP contribution in [0.5, 0.6) is 5.75 Å². The highest BCUT2D eigenvalue weighted by molar-refractivity contribution is 5.28. The molecule has 0 unspecified atom stereocenters. The van der Waals surface area contributed by atoms with Crippen molar-refractivity contribution < 1.29 is 4.74 Å². The highest BCUT2D eigenvalue weighted by Gasteiger charge is 2.08. The molecule has 17 heavy (non-hydrogen) atoms. The first-order valence-corrected chi connectivity index (χ1v) is 6.62. The van der Waals surface area contributed by atoms with E-state index < -0.39 is 0 Å². The van der Waals surface area contributed by atoms with Crippen molar-refractivity contribution in [3.63, 3.8) is 0 Å². The summed E-state index contributed by atoms with van der Waals surface area (Å²) in [6, 6.07) is 7.96. The summed E-state index contributed by atoms with van der Waals surface area (Å²) >= 11 is 0. The third kappa shape index (κ3) is 4.39. The first kappa shape index (κ1) is 12.4. The summed E-state index contributed by atoms with van der Waals surface area (Å²) in [4.78, 5) is 2.52. The topological polar surface area (TPSA) is 12.5 Å². The molecule has 2 rings (SSSR count). The quantitative estimate of drug-likeness (QED) is 0.791. The summed E-state index contributed by atoms with van der Waals surface area (Å²) in [7, 11) is 0. The Morgan fingerprint density at radius 2 is 1.65 bits per heavy atom. The zero-order valence-corrected chi connectivity index (χ0v) is 10.5. The fourth-order valence-electron chi connectivity index (χ4n) is 2.24. The molecule has 1 aromatic carbocycles. The first-order chi connectivity index (χ1) is 8.34. The Morgan fingerprint density at radius 1 is 1.00 bits per heavy atom. The lowest BCUT2D eigenvalue weighted by atomic mass is 10.2. The standard InChI is InChI=1S/C15H22NO/c1-14-6-8-15(9-7-14)17-13-12-16-10-4-2-3-5-11-16/h6-9H,1-5,10-13H2. The van der Waals surface area contributed by atoms with Crippen molar-refractivity contribution in [3.05, 3.63) is 36.8 Å². The monoisotopic (exact) mass is 232 g/mol. The van der Waals surface area contributed by atoms with E-state index in [-0.39, 0.29) is 0 Å². The Balaban J connectivity index is 1.69. The summed E-state index contributed by atoms with van der Waals surface area (Å²) in [6.07, 6.45) is 5.47. The van der Waals surface area contributed by atoms with Gasteiger partial charge < -0.3 is 4.74 Å². The number of rotatable bonds is 4. The Hall–Kier alpha value is -1.02. The Kier molecular flexibility index (Phi) is 4.87. The van der Waals surface area contributed by atoms with Crippen molar-refractivity contribution in [2.45, 2.75) is 25.7 Å². The predicted octanol–water partition coefficient (Wildman–Crippen LogP) is 3.12. The van der Waals surface area contributed by atoms with Crippen LogP contribution in [0.3, 0.4) is 0 Å². The summed E-state index contributed by atoms with van der Waals surface area (Å²) in [6.45, 7) is 8.17. The van der Waals surface area contributed by atoms with Crippen molar-refractivity contribution in [1.29, 1.82) is 0 Å². The van der Waals surface area contributed by atoms with Crippen LogP contribution in [0, 0.1) is 6.92 Å². The van der Waals surface area contributed by atoms with Crippen LogP contribution in [0.25, 0.3) is 0 Å². The SMILES string of the molecule is [CH2]c1ccc(OCCN2CCCCCC2)cc1. The number of hydrogen-bond acceptors (Lipinski definition) is 2. The summed E-state index contributed by atoms with van der Waals surface area (Å²) < 4.78 is 5.74. The van der Waals surface area contributed by atoms with Crippen LogP contribution in [-0.4, -0.2) is 31.1 Å². The highest BCUT2D eigenvalue weighted by atomic mass is 16.5. The van der Waals surface area contributed by atoms with Gasteiger partial charge >= 0.3 is 0 Å². The fraction of sp³-hybridized carbons (Fsp3) is 0.533. The molecule has 0 atom stereocenters. The Morgan fingerprint density at radius 3 is 2.29 bits per heavy atom. The molecule has 0 N–H and O–H groups in total. The van der Waals surface area contributed by atoms with Crippen molar-refractivity contribution in [1.82, 2.24) is 4.90 Å². The molecule has 0 amide bonds. The van der Waals surface area contributed by atoms with Crippen molar-refractivity contribution in [2.24, 2.45) is 0 Å². The van der Waals surface area contributed by atoms with E-state index in [1.54, 1.807) is 0 Å². The smallest absolute Gasteiger partial charge is 0.119 e. The minimum Gasteiger partial charge on any atom is -0.492 e. The third-order valence-corrected chi connectivity index (χ3v) is 3.30. The van der Waals surface area contributed by atoms with E-state index in [9.17, 15) is 0 Å². The van der Waals surface area contributed by atoms with Gasteiger partial charge in [0.2, 0.25) is 0 Å². The third-order valence-electron chi connectivity index (χ3n) is 3.30. The first-order valence-electron chi connectivity index (χ1n) is 6.62. The van der Waals surface area contributed by atoms with E-state index in [0.717, 1.165) is 24.5 Å². The molecular formula is C15H22NO. The molecule has 2 nitrogen and oxygen atoms in total. The number of hydrogen-bond donors (Lipinski definition) is 0. The van der Waals surface area contributed by atoms with Crippen LogP contribution in [0.1, 0.15) is 31.2 Å². The largest absolute Gasteiger partial charge is 0.492 e. The maximum atomic E-state index is 5.74. The van der Waals surface area contributed by atoms with Gasteiger partial charge in [0.05, 0.1) is 0 Å². The van der Waals surface area contributed by atoms with Gasteiger partial charge in [0.1, 0.15) is 12.4 Å². The summed E-state index contributed by atoms with van der Waals surface area (Å²) in [5.41, 5.74) is 1.03. The molecule has 0 saturated carbocycles. The zero-order valence-electron chi connectivity index (χ0n) is 10.5. The van der Waals surface area contributed by atoms with Gasteiger partial charge in [-0.05, 0) is 50.6 Å². The van der Waals surface area contributed by atoms with E-state index in [1.165, 1.54) is 38.8 Å². The molecule has 0 bridgehead atoms. The number of benzene rings is 1. The second-order valence-corrected chi connectivity index (χ2v) is 4.75. The van der Waals surface area contributed by atoms with Crippen molar-refractivity contribution >= 4 is 0 Å². The van der Waals surface area contributed by atoms with Crippen LogP contribution < -0.4 is 4.74 Å². The fourth-order valence-corrected chi connectivity index (χ4v) is 2.24. The second-order valence-electron chi connectivity index (χ2n) is 4.75. The van der Waals surface area contributed by atoms with E-state index in [0.29, 0.717) is 0 Å². The number of likely N-dealkylation sites (tertiary alicyclic amines) is 1. The normalized spacial score (nSPS) is 17.7. The van der Waals surface area contributed by atoms with Gasteiger partial charge in [0.25, 0.3) is 0 Å². The van der Waals surface area contributed by atoms with Gasteiger partial charge in [-0.25, -0.2) is 0 Å². The van der Waals surface area contributed by atoms with Crippen LogP contribution in [0.2, 0.25) is 0 Å². The van der Waals surface area contributed by atoms with Crippen LogP contribution >= 0.6 is 0 Å². The van der Waals surface area contributed by atoms with E-state index >= 15 is 0 Å². The van der Waals surface area contributed by atoms with Crippen molar-refractivity contribution in [2.75, 3.05) is 26.2 Å². The van der Waals surface area contributed by atoms with Gasteiger partial charge in [0.15, 0.2) is 0 Å². The summed E-state index contributed by atoms with van der Waals surface area (Å²) in [5.74, 6) is 0.951. The number of nitrogens with zero attached hydrogens (tertiary/aromatic N) is 1. The molecule has 1 heterocycles. The summed E-state index contributed by atoms with van der Waals surface area (Å²) in [5, 5.41) is 0. The van der Waals surface area contributed by atoms with E-state index in [2.05, 4.69) is 11.8 Å². The van der Waals surface area contributed by atoms with Crippen LogP contribution in [0.4, 0.5) is 0 Å². The van der Waals surface area contributed by atoms with Crippen molar-refractivity contribution in [3.8, 4) is 5.75 Å². The molecule has 1 aromatic rings. The van der Waals surface area contributed by atoms with Gasteiger partial charge in [0, 0.05) is 6.54 Å². The molecule has 0 aromatic heterocycles. The van der Waals surface area contributed by atoms with Crippen LogP contribution in [0.15, 0.2) is 24.3 Å². The lowest BCUT2D eigenvalue weighted by molar-refractivity contribution is 0.214. The minimum absolute atomic E-state index is 0.788. The Labute approximate surface area is 105 Å². The molecule has 93 valence electrons. The van der Waals surface area contributed by atoms with Gasteiger partial charge in [-0.3, -0.25) is 4.90 Å². The average molecular weight is 232 g/mol. The molecule has 1 aliphatic heterocycles. The molecule has 1 radical (unpaired) electrons. The molecule has 0 aliphatic carbocycles. The van der Waals surface area contributed by atoms with Gasteiger partial charge in [-0.15, -0.1) is 0 Å². The molecule has 1 saturated heterocycles. The molecular weight excluding hydrogens is 210 g/mol. The zero-order chi connectivity index (χ0) is 11.9. The Bertz CT molecular complexity index is 312. The van der Waals surface area contributed by atoms with Gasteiger partial charge in [-0.1, -0.05) is 25.0 Å².